The highest BCUT2D eigenvalue weighted by Gasteiger charge is 2.29. The molecule has 1 aliphatic heterocycles. The maximum absolute atomic E-state index is 13.6. The molecule has 0 aromatic heterocycles. The van der Waals surface area contributed by atoms with Gasteiger partial charge in [-0.25, -0.2) is 12.8 Å². The number of benzene rings is 1. The second kappa shape index (κ2) is 4.59. The Bertz CT molecular complexity index is 512. The summed E-state index contributed by atoms with van der Waals surface area (Å²) in [6.45, 7) is 0.571. The Morgan fingerprint density at radius 1 is 1.35 bits per heavy atom. The van der Waals surface area contributed by atoms with Crippen molar-refractivity contribution >= 4 is 15.7 Å². The highest BCUT2D eigenvalue weighted by atomic mass is 32.2. The van der Waals surface area contributed by atoms with Gasteiger partial charge in [0.15, 0.2) is 0 Å². The molecule has 1 heterocycles. The summed E-state index contributed by atoms with van der Waals surface area (Å²) < 4.78 is 38.5. The van der Waals surface area contributed by atoms with E-state index in [2.05, 4.69) is 0 Å². The molecular formula is C10H13FN2O3S. The number of hydrogen-bond donors (Lipinski definition) is 1. The molecule has 94 valence electrons. The largest absolute Gasteiger partial charge is 0.399 e. The Balaban J connectivity index is 2.37. The maximum Gasteiger partial charge on any atom is 0.267 e. The molecular weight excluding hydrogens is 247 g/mol. The fourth-order valence-corrected chi connectivity index (χ4v) is 2.95. The minimum atomic E-state index is -3.93. The number of hydrogen-bond acceptors (Lipinski definition) is 4. The molecule has 1 aromatic carbocycles. The molecule has 0 spiro atoms. The van der Waals surface area contributed by atoms with Crippen molar-refractivity contribution in [3.8, 4) is 0 Å². The number of nitrogens with two attached hydrogens (primary N) is 1. The van der Waals surface area contributed by atoms with Gasteiger partial charge in [-0.15, -0.1) is 0 Å². The normalized spacial score (nSPS) is 18.2. The lowest BCUT2D eigenvalue weighted by molar-refractivity contribution is -0.109. The summed E-state index contributed by atoms with van der Waals surface area (Å²) in [6, 6.07) is 3.48. The molecule has 2 rings (SSSR count). The van der Waals surface area contributed by atoms with E-state index in [1.807, 2.05) is 0 Å². The van der Waals surface area contributed by atoms with E-state index in [0.717, 1.165) is 23.0 Å². The fraction of sp³-hybridized carbons (Fsp3) is 0.400. The van der Waals surface area contributed by atoms with Crippen LogP contribution in [0.15, 0.2) is 23.1 Å². The minimum absolute atomic E-state index is 0.181. The average Bonchev–Trinajstić information content (AvgIpc) is 2.29. The van der Waals surface area contributed by atoms with Gasteiger partial charge in [0.2, 0.25) is 0 Å². The zero-order valence-corrected chi connectivity index (χ0v) is 9.91. The molecule has 0 aliphatic carbocycles. The molecule has 7 heteroatoms. The van der Waals surface area contributed by atoms with Gasteiger partial charge >= 0.3 is 0 Å². The molecule has 17 heavy (non-hydrogen) atoms. The lowest BCUT2D eigenvalue weighted by atomic mass is 10.3. The second-order valence-electron chi connectivity index (χ2n) is 3.76. The molecule has 1 aromatic rings. The predicted molar refractivity (Wildman–Crippen MR) is 59.9 cm³/mol. The van der Waals surface area contributed by atoms with E-state index in [4.69, 9.17) is 10.6 Å². The minimum Gasteiger partial charge on any atom is -0.399 e. The lowest BCUT2D eigenvalue weighted by Gasteiger charge is -2.25. The van der Waals surface area contributed by atoms with Crippen LogP contribution in [0.2, 0.25) is 0 Å². The van der Waals surface area contributed by atoms with Gasteiger partial charge < -0.3 is 5.73 Å². The zero-order chi connectivity index (χ0) is 12.5. The van der Waals surface area contributed by atoms with Crippen LogP contribution < -0.4 is 5.73 Å². The summed E-state index contributed by atoms with van der Waals surface area (Å²) in [5, 5.41) is 0. The number of halogens is 1. The number of nitrogen functional groups attached to an aromatic ring is 1. The van der Waals surface area contributed by atoms with Crippen LogP contribution in [0, 0.1) is 5.82 Å². The van der Waals surface area contributed by atoms with Crippen molar-refractivity contribution in [1.82, 2.24) is 4.47 Å². The van der Waals surface area contributed by atoms with Gasteiger partial charge in [-0.1, -0.05) is 4.47 Å². The van der Waals surface area contributed by atoms with Crippen LogP contribution in [-0.4, -0.2) is 26.0 Å². The molecule has 1 aliphatic rings. The van der Waals surface area contributed by atoms with E-state index >= 15 is 0 Å². The fourth-order valence-electron chi connectivity index (χ4n) is 1.60. The average molecular weight is 260 g/mol. The first-order chi connectivity index (χ1) is 8.01. The van der Waals surface area contributed by atoms with Crippen molar-refractivity contribution in [3.63, 3.8) is 0 Å². The van der Waals surface area contributed by atoms with Gasteiger partial charge in [-0.2, -0.15) is 0 Å². The number of rotatable bonds is 2. The summed E-state index contributed by atoms with van der Waals surface area (Å²) in [6.07, 6.45) is 1.51. The highest BCUT2D eigenvalue weighted by molar-refractivity contribution is 7.89. The number of nitrogens with zero attached hydrogens (tertiary/aromatic N) is 1. The van der Waals surface area contributed by atoms with E-state index in [0.29, 0.717) is 13.0 Å². The summed E-state index contributed by atoms with van der Waals surface area (Å²) >= 11 is 0. The summed E-state index contributed by atoms with van der Waals surface area (Å²) in [5.74, 6) is -0.862. The third kappa shape index (κ3) is 2.41. The Hall–Kier alpha value is -1.18. The van der Waals surface area contributed by atoms with Crippen LogP contribution in [0.4, 0.5) is 10.1 Å². The van der Waals surface area contributed by atoms with Gasteiger partial charge in [-0.05, 0) is 31.0 Å². The van der Waals surface area contributed by atoms with Crippen molar-refractivity contribution < 1.29 is 17.6 Å². The Morgan fingerprint density at radius 2 is 2.12 bits per heavy atom. The summed E-state index contributed by atoms with van der Waals surface area (Å²) in [7, 11) is -3.93. The van der Waals surface area contributed by atoms with Gasteiger partial charge in [0, 0.05) is 12.2 Å². The van der Waals surface area contributed by atoms with Crippen molar-refractivity contribution in [1.29, 1.82) is 0 Å². The predicted octanol–water partition coefficient (Wildman–Crippen LogP) is 1.12. The molecule has 5 nitrogen and oxygen atoms in total. The topological polar surface area (TPSA) is 72.6 Å². The molecule has 0 atom stereocenters. The smallest absolute Gasteiger partial charge is 0.267 e. The van der Waals surface area contributed by atoms with Crippen LogP contribution in [0.25, 0.3) is 0 Å². The van der Waals surface area contributed by atoms with Crippen molar-refractivity contribution in [2.75, 3.05) is 18.9 Å². The lowest BCUT2D eigenvalue weighted by Crippen LogP contribution is -2.36. The molecule has 0 unspecified atom stereocenters. The Kier molecular flexibility index (Phi) is 3.32. The highest BCUT2D eigenvalue weighted by Crippen LogP contribution is 2.23. The van der Waals surface area contributed by atoms with Gasteiger partial charge in [-0.3, -0.25) is 4.84 Å². The van der Waals surface area contributed by atoms with Gasteiger partial charge in [0.25, 0.3) is 10.0 Å². The van der Waals surface area contributed by atoms with Crippen LogP contribution in [-0.2, 0) is 14.9 Å². The third-order valence-corrected chi connectivity index (χ3v) is 4.18. The van der Waals surface area contributed by atoms with Crippen LogP contribution >= 0.6 is 0 Å². The van der Waals surface area contributed by atoms with Gasteiger partial charge in [0.1, 0.15) is 10.7 Å². The third-order valence-electron chi connectivity index (χ3n) is 2.47. The number of anilines is 1. The Labute approximate surface area is 99.0 Å². The zero-order valence-electron chi connectivity index (χ0n) is 9.10. The van der Waals surface area contributed by atoms with Crippen LogP contribution in [0.1, 0.15) is 12.8 Å². The van der Waals surface area contributed by atoms with E-state index in [-0.39, 0.29) is 12.2 Å². The second-order valence-corrected chi connectivity index (χ2v) is 5.56. The summed E-state index contributed by atoms with van der Waals surface area (Å²) in [4.78, 5) is 4.62. The van der Waals surface area contributed by atoms with E-state index in [1.165, 1.54) is 6.07 Å². The first-order valence-corrected chi connectivity index (χ1v) is 6.66. The van der Waals surface area contributed by atoms with E-state index < -0.39 is 20.7 Å². The van der Waals surface area contributed by atoms with Crippen LogP contribution in [0.3, 0.4) is 0 Å². The Morgan fingerprint density at radius 3 is 2.71 bits per heavy atom. The standard InChI is InChI=1S/C10H13FN2O3S/c11-9-7-8(12)3-4-10(9)17(14,15)13-5-1-2-6-16-13/h3-4,7H,1-2,5-6,12H2. The van der Waals surface area contributed by atoms with Crippen molar-refractivity contribution in [3.05, 3.63) is 24.0 Å². The summed E-state index contributed by atoms with van der Waals surface area (Å²) in [5.41, 5.74) is 5.55. The molecule has 1 fully saturated rings. The SMILES string of the molecule is Nc1ccc(S(=O)(=O)N2CCCCO2)c(F)c1. The number of hydroxylamine groups is 1. The van der Waals surface area contributed by atoms with Gasteiger partial charge in [0.05, 0.1) is 6.61 Å². The van der Waals surface area contributed by atoms with E-state index in [1.54, 1.807) is 0 Å². The quantitative estimate of drug-likeness (QED) is 0.809. The first kappa shape index (κ1) is 12.3. The molecule has 0 bridgehead atoms. The van der Waals surface area contributed by atoms with Crippen molar-refractivity contribution in [2.24, 2.45) is 0 Å². The molecule has 0 radical (unpaired) electrons. The molecule has 2 N–H and O–H groups in total. The molecule has 0 saturated carbocycles. The molecule has 1 saturated heterocycles. The van der Waals surface area contributed by atoms with Crippen molar-refractivity contribution in [2.45, 2.75) is 17.7 Å². The molecule has 0 amide bonds. The number of sulfonamides is 1. The maximum atomic E-state index is 13.6. The van der Waals surface area contributed by atoms with Crippen LogP contribution in [0.5, 0.6) is 0 Å². The monoisotopic (exact) mass is 260 g/mol. The van der Waals surface area contributed by atoms with E-state index in [9.17, 15) is 12.8 Å². The first-order valence-electron chi connectivity index (χ1n) is 5.22.